The average molecular weight is 345 g/mol. The van der Waals surface area contributed by atoms with Crippen LogP contribution in [0.4, 0.5) is 0 Å². The largest absolute Gasteiger partial charge is 0.359 e. The number of nitrogens with zero attached hydrogens (tertiary/aromatic N) is 2. The van der Waals surface area contributed by atoms with Crippen molar-refractivity contribution < 1.29 is 4.74 Å². The molecule has 2 aromatic heterocycles. The predicted molar refractivity (Wildman–Crippen MR) is 89.2 cm³/mol. The van der Waals surface area contributed by atoms with Crippen molar-refractivity contribution in [2.45, 2.75) is 20.1 Å². The van der Waals surface area contributed by atoms with E-state index in [4.69, 9.17) is 4.74 Å². The third kappa shape index (κ3) is 2.61. The Kier molecular flexibility index (Phi) is 4.08. The highest BCUT2D eigenvalue weighted by Gasteiger charge is 2.17. The number of aromatic nitrogens is 2. The van der Waals surface area contributed by atoms with E-state index in [1.54, 1.807) is 0 Å². The molecule has 2 heterocycles. The molecule has 0 aliphatic heterocycles. The molecule has 0 spiro atoms. The van der Waals surface area contributed by atoms with Gasteiger partial charge in [0.15, 0.2) is 0 Å². The zero-order valence-electron chi connectivity index (χ0n) is 12.1. The number of hydrogen-bond donors (Lipinski definition) is 0. The first-order chi connectivity index (χ1) is 10.2. The van der Waals surface area contributed by atoms with Crippen molar-refractivity contribution in [3.05, 3.63) is 53.1 Å². The molecule has 0 aliphatic carbocycles. The van der Waals surface area contributed by atoms with E-state index in [2.05, 4.69) is 62.7 Å². The van der Waals surface area contributed by atoms with Gasteiger partial charge >= 0.3 is 0 Å². The summed E-state index contributed by atoms with van der Waals surface area (Å²) < 4.78 is 9.00. The van der Waals surface area contributed by atoms with E-state index in [9.17, 15) is 0 Å². The number of pyridine rings is 1. The highest BCUT2D eigenvalue weighted by molar-refractivity contribution is 9.10. The van der Waals surface area contributed by atoms with Gasteiger partial charge in [0.1, 0.15) is 11.9 Å². The lowest BCUT2D eigenvalue weighted by atomic mass is 10.2. The summed E-state index contributed by atoms with van der Waals surface area (Å²) in [5.41, 5.74) is 3.15. The summed E-state index contributed by atoms with van der Waals surface area (Å²) in [6, 6.07) is 14.4. The second kappa shape index (κ2) is 6.00. The molecule has 1 unspecified atom stereocenters. The fourth-order valence-corrected chi connectivity index (χ4v) is 3.10. The van der Waals surface area contributed by atoms with Gasteiger partial charge in [0.2, 0.25) is 0 Å². The topological polar surface area (TPSA) is 27.1 Å². The van der Waals surface area contributed by atoms with Crippen LogP contribution >= 0.6 is 15.9 Å². The Bertz CT molecular complexity index is 766. The Balaban J connectivity index is 2.26. The monoisotopic (exact) mass is 344 g/mol. The maximum absolute atomic E-state index is 5.82. The molecule has 1 atom stereocenters. The molecular formula is C17H17BrN2O. The van der Waals surface area contributed by atoms with Crippen molar-refractivity contribution in [2.75, 3.05) is 6.61 Å². The molecule has 21 heavy (non-hydrogen) atoms. The van der Waals surface area contributed by atoms with Crippen LogP contribution in [0, 0.1) is 0 Å². The van der Waals surface area contributed by atoms with E-state index in [1.165, 1.54) is 5.39 Å². The molecule has 0 radical (unpaired) electrons. The van der Waals surface area contributed by atoms with Gasteiger partial charge in [-0.25, -0.2) is 0 Å². The minimum Gasteiger partial charge on any atom is -0.359 e. The van der Waals surface area contributed by atoms with E-state index < -0.39 is 0 Å². The van der Waals surface area contributed by atoms with Gasteiger partial charge in [-0.15, -0.1) is 0 Å². The van der Waals surface area contributed by atoms with Crippen LogP contribution in [-0.4, -0.2) is 16.2 Å². The molecule has 0 saturated carbocycles. The Morgan fingerprint density at radius 2 is 2.05 bits per heavy atom. The third-order valence-corrected chi connectivity index (χ3v) is 4.16. The summed E-state index contributed by atoms with van der Waals surface area (Å²) in [7, 11) is 0. The minimum atomic E-state index is -0.0428. The van der Waals surface area contributed by atoms with Crippen LogP contribution in [0.2, 0.25) is 0 Å². The molecular weight excluding hydrogens is 328 g/mol. The van der Waals surface area contributed by atoms with Gasteiger partial charge in [-0.2, -0.15) is 0 Å². The zero-order valence-corrected chi connectivity index (χ0v) is 13.7. The number of ether oxygens (including phenoxy) is 1. The first-order valence-electron chi connectivity index (χ1n) is 7.05. The second-order valence-electron chi connectivity index (χ2n) is 4.85. The van der Waals surface area contributed by atoms with E-state index in [0.717, 1.165) is 21.4 Å². The molecule has 0 saturated heterocycles. The maximum Gasteiger partial charge on any atom is 0.131 e. The number of hydrogen-bond acceptors (Lipinski definition) is 2. The SMILES string of the molecule is CCOC(C)n1c(-c2ncccc2Br)cc2ccccc21. The van der Waals surface area contributed by atoms with Gasteiger partial charge in [-0.3, -0.25) is 4.98 Å². The van der Waals surface area contributed by atoms with Crippen LogP contribution in [0.25, 0.3) is 22.3 Å². The Hall–Kier alpha value is -1.65. The lowest BCUT2D eigenvalue weighted by Gasteiger charge is -2.19. The Labute approximate surface area is 132 Å². The van der Waals surface area contributed by atoms with Gasteiger partial charge in [-0.1, -0.05) is 18.2 Å². The molecule has 0 N–H and O–H groups in total. The van der Waals surface area contributed by atoms with Crippen molar-refractivity contribution in [3.63, 3.8) is 0 Å². The number of rotatable bonds is 4. The van der Waals surface area contributed by atoms with E-state index in [-0.39, 0.29) is 6.23 Å². The first-order valence-corrected chi connectivity index (χ1v) is 7.84. The van der Waals surface area contributed by atoms with Crippen LogP contribution < -0.4 is 0 Å². The highest BCUT2D eigenvalue weighted by Crippen LogP contribution is 2.34. The smallest absolute Gasteiger partial charge is 0.131 e. The molecule has 3 rings (SSSR count). The van der Waals surface area contributed by atoms with Crippen LogP contribution in [0.15, 0.2) is 53.1 Å². The summed E-state index contributed by atoms with van der Waals surface area (Å²) in [5, 5.41) is 1.19. The summed E-state index contributed by atoms with van der Waals surface area (Å²) >= 11 is 3.60. The third-order valence-electron chi connectivity index (χ3n) is 3.52. The van der Waals surface area contributed by atoms with E-state index in [1.807, 2.05) is 25.3 Å². The highest BCUT2D eigenvalue weighted by atomic mass is 79.9. The maximum atomic E-state index is 5.82. The quantitative estimate of drug-likeness (QED) is 0.664. The summed E-state index contributed by atoms with van der Waals surface area (Å²) in [6.07, 6.45) is 1.77. The van der Waals surface area contributed by atoms with Crippen molar-refractivity contribution in [1.82, 2.24) is 9.55 Å². The first kappa shape index (κ1) is 14.3. The van der Waals surface area contributed by atoms with Crippen LogP contribution in [0.5, 0.6) is 0 Å². The van der Waals surface area contributed by atoms with Crippen molar-refractivity contribution >= 4 is 26.8 Å². The standard InChI is InChI=1S/C17H17BrN2O/c1-3-21-12(2)20-15-9-5-4-7-13(15)11-16(20)17-14(18)8-6-10-19-17/h4-12H,3H2,1-2H3. The molecule has 4 heteroatoms. The molecule has 1 aromatic carbocycles. The number of para-hydroxylation sites is 1. The fourth-order valence-electron chi connectivity index (χ4n) is 2.64. The fraction of sp³-hybridized carbons (Fsp3) is 0.235. The lowest BCUT2D eigenvalue weighted by Crippen LogP contribution is -2.10. The summed E-state index contributed by atoms with van der Waals surface area (Å²) in [5.74, 6) is 0. The summed E-state index contributed by atoms with van der Waals surface area (Å²) in [6.45, 7) is 4.76. The van der Waals surface area contributed by atoms with Gasteiger partial charge in [0.25, 0.3) is 0 Å². The summed E-state index contributed by atoms with van der Waals surface area (Å²) in [4.78, 5) is 4.52. The van der Waals surface area contributed by atoms with E-state index in [0.29, 0.717) is 6.61 Å². The lowest BCUT2D eigenvalue weighted by molar-refractivity contribution is 0.0290. The van der Waals surface area contributed by atoms with Gasteiger partial charge in [0, 0.05) is 22.7 Å². The van der Waals surface area contributed by atoms with Crippen molar-refractivity contribution in [2.24, 2.45) is 0 Å². The Morgan fingerprint density at radius 3 is 2.81 bits per heavy atom. The predicted octanol–water partition coefficient (Wildman–Crippen LogP) is 5.02. The van der Waals surface area contributed by atoms with Gasteiger partial charge < -0.3 is 9.30 Å². The molecule has 0 amide bonds. The molecule has 0 aliphatic rings. The normalized spacial score (nSPS) is 12.7. The van der Waals surface area contributed by atoms with Gasteiger partial charge in [0.05, 0.1) is 11.2 Å². The van der Waals surface area contributed by atoms with E-state index >= 15 is 0 Å². The van der Waals surface area contributed by atoms with Crippen molar-refractivity contribution in [3.8, 4) is 11.4 Å². The van der Waals surface area contributed by atoms with Gasteiger partial charge in [-0.05, 0) is 54.0 Å². The van der Waals surface area contributed by atoms with Crippen LogP contribution in [0.1, 0.15) is 20.1 Å². The van der Waals surface area contributed by atoms with Crippen LogP contribution in [0.3, 0.4) is 0 Å². The Morgan fingerprint density at radius 1 is 1.24 bits per heavy atom. The molecule has 3 nitrogen and oxygen atoms in total. The molecule has 3 aromatic rings. The average Bonchev–Trinajstić information content (AvgIpc) is 2.87. The number of halogens is 1. The van der Waals surface area contributed by atoms with Crippen LogP contribution in [-0.2, 0) is 4.74 Å². The second-order valence-corrected chi connectivity index (χ2v) is 5.70. The molecule has 108 valence electrons. The van der Waals surface area contributed by atoms with Crippen molar-refractivity contribution in [1.29, 1.82) is 0 Å². The number of fused-ring (bicyclic) bond motifs is 1. The molecule has 0 fully saturated rings. The zero-order chi connectivity index (χ0) is 14.8. The minimum absolute atomic E-state index is 0.0428. The number of benzene rings is 1. The molecule has 0 bridgehead atoms.